The third-order valence-electron chi connectivity index (χ3n) is 4.62. The molecule has 3 fully saturated rings. The fourth-order valence-corrected chi connectivity index (χ4v) is 3.44. The predicted molar refractivity (Wildman–Crippen MR) is 66.4 cm³/mol. The van der Waals surface area contributed by atoms with Crippen LogP contribution < -0.4 is 5.73 Å². The van der Waals surface area contributed by atoms with Crippen molar-refractivity contribution in [3.8, 4) is 0 Å². The highest BCUT2D eigenvalue weighted by molar-refractivity contribution is 4.90. The minimum Gasteiger partial charge on any atom is -0.328 e. The first-order chi connectivity index (χ1) is 7.83. The van der Waals surface area contributed by atoms with Gasteiger partial charge in [0.1, 0.15) is 0 Å². The molecule has 3 nitrogen and oxygen atoms in total. The molecule has 1 saturated heterocycles. The first-order valence-electron chi connectivity index (χ1n) is 7.06. The van der Waals surface area contributed by atoms with Crippen molar-refractivity contribution in [2.75, 3.05) is 26.2 Å². The topological polar surface area (TPSA) is 32.5 Å². The summed E-state index contributed by atoms with van der Waals surface area (Å²) in [4.78, 5) is 5.40. The van der Waals surface area contributed by atoms with Crippen molar-refractivity contribution in [1.29, 1.82) is 0 Å². The molecule has 0 aromatic rings. The van der Waals surface area contributed by atoms with Gasteiger partial charge in [-0.15, -0.1) is 0 Å². The molecule has 1 heterocycles. The molecule has 0 bridgehead atoms. The largest absolute Gasteiger partial charge is 0.328 e. The minimum atomic E-state index is 0.472. The molecule has 2 aliphatic carbocycles. The lowest BCUT2D eigenvalue weighted by Crippen LogP contribution is -2.52. The highest BCUT2D eigenvalue weighted by Gasteiger charge is 2.33. The van der Waals surface area contributed by atoms with E-state index in [9.17, 15) is 0 Å². The van der Waals surface area contributed by atoms with Crippen molar-refractivity contribution in [2.45, 2.75) is 56.7 Å². The number of rotatable bonds is 2. The maximum atomic E-state index is 6.08. The van der Waals surface area contributed by atoms with Crippen molar-refractivity contribution in [3.63, 3.8) is 0 Å². The zero-order chi connectivity index (χ0) is 11.0. The molecule has 3 heteroatoms. The van der Waals surface area contributed by atoms with Gasteiger partial charge in [0.2, 0.25) is 0 Å². The summed E-state index contributed by atoms with van der Waals surface area (Å²) in [7, 11) is 0. The summed E-state index contributed by atoms with van der Waals surface area (Å²) >= 11 is 0. The van der Waals surface area contributed by atoms with Crippen LogP contribution in [0.15, 0.2) is 0 Å². The fraction of sp³-hybridized carbons (Fsp3) is 1.00. The maximum absolute atomic E-state index is 6.08. The van der Waals surface area contributed by atoms with Crippen LogP contribution in [0, 0.1) is 0 Å². The summed E-state index contributed by atoms with van der Waals surface area (Å²) < 4.78 is 0. The average molecular weight is 223 g/mol. The van der Waals surface area contributed by atoms with Crippen molar-refractivity contribution in [3.05, 3.63) is 0 Å². The van der Waals surface area contributed by atoms with E-state index in [2.05, 4.69) is 9.80 Å². The van der Waals surface area contributed by atoms with E-state index >= 15 is 0 Å². The SMILES string of the molecule is NC1CCC[C@@H](N2CCN(C3CC3)CC2)C1. The first-order valence-corrected chi connectivity index (χ1v) is 7.06. The molecule has 0 amide bonds. The lowest BCUT2D eigenvalue weighted by Gasteiger charge is -2.42. The summed E-state index contributed by atoms with van der Waals surface area (Å²) in [5, 5.41) is 0. The van der Waals surface area contributed by atoms with Crippen LogP contribution in [0.5, 0.6) is 0 Å². The van der Waals surface area contributed by atoms with Gasteiger partial charge in [0, 0.05) is 44.3 Å². The Balaban J connectivity index is 1.48. The Labute approximate surface area is 99.0 Å². The molecule has 1 unspecified atom stereocenters. The van der Waals surface area contributed by atoms with Crippen molar-refractivity contribution < 1.29 is 0 Å². The molecule has 0 aromatic heterocycles. The summed E-state index contributed by atoms with van der Waals surface area (Å²) in [6, 6.07) is 2.22. The monoisotopic (exact) mass is 223 g/mol. The second-order valence-electron chi connectivity index (χ2n) is 5.88. The summed E-state index contributed by atoms with van der Waals surface area (Å²) in [6.07, 6.45) is 8.12. The number of hydrogen-bond donors (Lipinski definition) is 1. The molecule has 2 atom stereocenters. The van der Waals surface area contributed by atoms with E-state index in [0.717, 1.165) is 12.1 Å². The van der Waals surface area contributed by atoms with Crippen LogP contribution in [0.3, 0.4) is 0 Å². The first kappa shape index (κ1) is 11.0. The second-order valence-corrected chi connectivity index (χ2v) is 5.88. The predicted octanol–water partition coefficient (Wildman–Crippen LogP) is 1.04. The van der Waals surface area contributed by atoms with Crippen LogP contribution in [-0.4, -0.2) is 54.1 Å². The van der Waals surface area contributed by atoms with E-state index in [4.69, 9.17) is 5.73 Å². The highest BCUT2D eigenvalue weighted by Crippen LogP contribution is 2.29. The molecule has 1 aliphatic heterocycles. The van der Waals surface area contributed by atoms with Gasteiger partial charge in [0.25, 0.3) is 0 Å². The lowest BCUT2D eigenvalue weighted by atomic mass is 9.90. The minimum absolute atomic E-state index is 0.472. The Morgan fingerprint density at radius 2 is 1.38 bits per heavy atom. The quantitative estimate of drug-likeness (QED) is 0.759. The smallest absolute Gasteiger partial charge is 0.0113 e. The fourth-order valence-electron chi connectivity index (χ4n) is 3.44. The molecule has 2 saturated carbocycles. The van der Waals surface area contributed by atoms with E-state index in [1.165, 1.54) is 64.7 Å². The molecule has 2 N–H and O–H groups in total. The van der Waals surface area contributed by atoms with Gasteiger partial charge in [-0.1, -0.05) is 6.42 Å². The average Bonchev–Trinajstić information content (AvgIpc) is 3.13. The van der Waals surface area contributed by atoms with E-state index in [1.807, 2.05) is 0 Å². The van der Waals surface area contributed by atoms with Crippen molar-refractivity contribution in [2.24, 2.45) is 5.73 Å². The molecular formula is C13H25N3. The molecule has 3 rings (SSSR count). The Hall–Kier alpha value is -0.120. The van der Waals surface area contributed by atoms with Gasteiger partial charge in [-0.05, 0) is 32.1 Å². The normalized spacial score (nSPS) is 38.8. The lowest BCUT2D eigenvalue weighted by molar-refractivity contribution is 0.0716. The van der Waals surface area contributed by atoms with Crippen LogP contribution in [0.1, 0.15) is 38.5 Å². The Kier molecular flexibility index (Phi) is 3.18. The van der Waals surface area contributed by atoms with Crippen LogP contribution in [-0.2, 0) is 0 Å². The standard InChI is InChI=1S/C13H25N3/c14-11-2-1-3-13(10-11)16-8-6-15(7-9-16)12-4-5-12/h11-13H,1-10,14H2/t11?,13-/m1/s1. The molecule has 16 heavy (non-hydrogen) atoms. The zero-order valence-corrected chi connectivity index (χ0v) is 10.3. The van der Waals surface area contributed by atoms with Gasteiger partial charge >= 0.3 is 0 Å². The van der Waals surface area contributed by atoms with Crippen molar-refractivity contribution in [1.82, 2.24) is 9.80 Å². The molecule has 0 spiro atoms. The number of hydrogen-bond acceptors (Lipinski definition) is 3. The van der Waals surface area contributed by atoms with Gasteiger partial charge in [0.15, 0.2) is 0 Å². The summed E-state index contributed by atoms with van der Waals surface area (Å²) in [5.74, 6) is 0. The highest BCUT2D eigenvalue weighted by atomic mass is 15.3. The second kappa shape index (κ2) is 4.63. The van der Waals surface area contributed by atoms with E-state index < -0.39 is 0 Å². The molecule has 92 valence electrons. The summed E-state index contributed by atoms with van der Waals surface area (Å²) in [5.41, 5.74) is 6.08. The third kappa shape index (κ3) is 2.41. The van der Waals surface area contributed by atoms with Crippen LogP contribution in [0.25, 0.3) is 0 Å². The number of piperazine rings is 1. The molecule has 0 aromatic carbocycles. The van der Waals surface area contributed by atoms with Gasteiger partial charge in [-0.2, -0.15) is 0 Å². The van der Waals surface area contributed by atoms with Gasteiger partial charge in [0.05, 0.1) is 0 Å². The van der Waals surface area contributed by atoms with E-state index in [0.29, 0.717) is 6.04 Å². The van der Waals surface area contributed by atoms with Gasteiger partial charge in [-0.3, -0.25) is 9.80 Å². The Morgan fingerprint density at radius 1 is 0.750 bits per heavy atom. The van der Waals surface area contributed by atoms with Gasteiger partial charge in [-0.25, -0.2) is 0 Å². The van der Waals surface area contributed by atoms with Crippen LogP contribution >= 0.6 is 0 Å². The number of nitrogens with zero attached hydrogens (tertiary/aromatic N) is 2. The van der Waals surface area contributed by atoms with E-state index in [1.54, 1.807) is 0 Å². The Bertz CT molecular complexity index is 231. The molecule has 3 aliphatic rings. The zero-order valence-electron chi connectivity index (χ0n) is 10.3. The Morgan fingerprint density at radius 3 is 1.94 bits per heavy atom. The van der Waals surface area contributed by atoms with Crippen molar-refractivity contribution >= 4 is 0 Å². The number of nitrogens with two attached hydrogens (primary N) is 1. The van der Waals surface area contributed by atoms with Gasteiger partial charge < -0.3 is 5.73 Å². The maximum Gasteiger partial charge on any atom is 0.0113 e. The van der Waals surface area contributed by atoms with Crippen LogP contribution in [0.2, 0.25) is 0 Å². The molecule has 0 radical (unpaired) electrons. The summed E-state index contributed by atoms with van der Waals surface area (Å²) in [6.45, 7) is 5.18. The third-order valence-corrected chi connectivity index (χ3v) is 4.62. The van der Waals surface area contributed by atoms with Crippen LogP contribution in [0.4, 0.5) is 0 Å². The van der Waals surface area contributed by atoms with E-state index in [-0.39, 0.29) is 0 Å². The molecular weight excluding hydrogens is 198 g/mol.